The van der Waals surface area contributed by atoms with E-state index in [1.807, 2.05) is 19.2 Å². The largest absolute Gasteiger partial charge is 0.390 e. The molecule has 0 saturated carbocycles. The lowest BCUT2D eigenvalue weighted by Crippen LogP contribution is -2.24. The Morgan fingerprint density at radius 1 is 1.45 bits per heavy atom. The summed E-state index contributed by atoms with van der Waals surface area (Å²) in [6, 6.07) is 3.24. The van der Waals surface area contributed by atoms with Crippen molar-refractivity contribution >= 4 is 11.7 Å². The zero-order chi connectivity index (χ0) is 16.1. The summed E-state index contributed by atoms with van der Waals surface area (Å²) in [5.41, 5.74) is 1.45. The van der Waals surface area contributed by atoms with E-state index in [2.05, 4.69) is 15.5 Å². The van der Waals surface area contributed by atoms with Crippen LogP contribution in [0, 0.1) is 17.0 Å². The van der Waals surface area contributed by atoms with E-state index in [-0.39, 0.29) is 18.1 Å². The van der Waals surface area contributed by atoms with Gasteiger partial charge in [0.2, 0.25) is 5.91 Å². The number of amides is 1. The van der Waals surface area contributed by atoms with Gasteiger partial charge in [-0.3, -0.25) is 9.48 Å². The van der Waals surface area contributed by atoms with E-state index in [9.17, 15) is 14.9 Å². The molecule has 2 aromatic rings. The van der Waals surface area contributed by atoms with Gasteiger partial charge in [-0.15, -0.1) is 0 Å². The molecule has 0 aliphatic heterocycles. The Labute approximate surface area is 127 Å². The third-order valence-corrected chi connectivity index (χ3v) is 3.19. The van der Waals surface area contributed by atoms with Crippen LogP contribution in [0.2, 0.25) is 0 Å². The minimum absolute atomic E-state index is 0.149. The Morgan fingerprint density at radius 2 is 2.23 bits per heavy atom. The topological polar surface area (TPSA) is 108 Å². The summed E-state index contributed by atoms with van der Waals surface area (Å²) in [6.45, 7) is 5.15. The van der Waals surface area contributed by atoms with E-state index >= 15 is 0 Å². The van der Waals surface area contributed by atoms with E-state index in [0.717, 1.165) is 12.2 Å². The van der Waals surface area contributed by atoms with Crippen molar-refractivity contribution in [3.05, 3.63) is 39.8 Å². The molecule has 9 heteroatoms. The minimum Gasteiger partial charge on any atom is -0.358 e. The molecule has 9 nitrogen and oxygen atoms in total. The lowest BCUT2D eigenvalue weighted by Gasteiger charge is -2.03. The van der Waals surface area contributed by atoms with Crippen LogP contribution in [0.4, 0.5) is 5.82 Å². The highest BCUT2D eigenvalue weighted by Crippen LogP contribution is 2.11. The summed E-state index contributed by atoms with van der Waals surface area (Å²) >= 11 is 0. The molecule has 0 radical (unpaired) electrons. The summed E-state index contributed by atoms with van der Waals surface area (Å²) in [4.78, 5) is 21.9. The summed E-state index contributed by atoms with van der Waals surface area (Å²) in [7, 11) is 0. The number of carbonyl (C=O) groups excluding carboxylic acids is 1. The number of aromatic nitrogens is 4. The molecular formula is C13H18N6O3. The van der Waals surface area contributed by atoms with Crippen molar-refractivity contribution in [1.29, 1.82) is 0 Å². The van der Waals surface area contributed by atoms with Gasteiger partial charge in [0.15, 0.2) is 0 Å². The molecule has 0 fully saturated rings. The van der Waals surface area contributed by atoms with Gasteiger partial charge >= 0.3 is 5.82 Å². The molecule has 0 spiro atoms. The Bertz CT molecular complexity index is 675. The van der Waals surface area contributed by atoms with Crippen molar-refractivity contribution < 1.29 is 9.72 Å². The summed E-state index contributed by atoms with van der Waals surface area (Å²) in [5.74, 6) is -0.355. The van der Waals surface area contributed by atoms with Gasteiger partial charge in [0.25, 0.3) is 0 Å². The number of rotatable bonds is 7. The third-order valence-electron chi connectivity index (χ3n) is 3.19. The van der Waals surface area contributed by atoms with Gasteiger partial charge in [-0.1, -0.05) is 0 Å². The summed E-state index contributed by atoms with van der Waals surface area (Å²) < 4.78 is 3.25. The van der Waals surface area contributed by atoms with Crippen molar-refractivity contribution in [2.24, 2.45) is 0 Å². The molecule has 0 aliphatic rings. The van der Waals surface area contributed by atoms with E-state index in [1.165, 1.54) is 10.7 Å². The van der Waals surface area contributed by atoms with Crippen molar-refractivity contribution in [2.45, 2.75) is 39.9 Å². The molecule has 0 aliphatic carbocycles. The van der Waals surface area contributed by atoms with Crippen molar-refractivity contribution in [3.63, 3.8) is 0 Å². The summed E-state index contributed by atoms with van der Waals surface area (Å²) in [6.07, 6.45) is 2.06. The standard InChI is InChI=1S/C13H18N6O3/c1-3-17-6-4-11(15-17)9-14-13(20)5-7-18-10(2)8-12(16-18)19(21)22/h4,6,8H,3,5,7,9H2,1-2H3,(H,14,20). The highest BCUT2D eigenvalue weighted by atomic mass is 16.6. The van der Waals surface area contributed by atoms with Crippen LogP contribution in [0.1, 0.15) is 24.7 Å². The average molecular weight is 306 g/mol. The van der Waals surface area contributed by atoms with Crippen LogP contribution in [0.15, 0.2) is 18.3 Å². The number of nitro groups is 1. The first kappa shape index (κ1) is 15.7. The van der Waals surface area contributed by atoms with Gasteiger partial charge in [0.1, 0.15) is 0 Å². The predicted octanol–water partition coefficient (Wildman–Crippen LogP) is 1.02. The van der Waals surface area contributed by atoms with Crippen LogP contribution in [-0.2, 0) is 24.4 Å². The number of nitrogens with zero attached hydrogens (tertiary/aromatic N) is 5. The first-order chi connectivity index (χ1) is 10.5. The fourth-order valence-corrected chi connectivity index (χ4v) is 1.97. The van der Waals surface area contributed by atoms with Crippen LogP contribution in [0.25, 0.3) is 0 Å². The number of hydrogen-bond acceptors (Lipinski definition) is 5. The quantitative estimate of drug-likeness (QED) is 0.607. The molecule has 2 heterocycles. The number of aryl methyl sites for hydroxylation is 3. The lowest BCUT2D eigenvalue weighted by molar-refractivity contribution is -0.389. The molecule has 0 bridgehead atoms. The first-order valence-corrected chi connectivity index (χ1v) is 6.97. The van der Waals surface area contributed by atoms with E-state index in [1.54, 1.807) is 11.6 Å². The second kappa shape index (κ2) is 6.83. The van der Waals surface area contributed by atoms with Gasteiger partial charge in [0.05, 0.1) is 35.6 Å². The number of nitrogens with one attached hydrogen (secondary N) is 1. The zero-order valence-electron chi connectivity index (χ0n) is 12.5. The minimum atomic E-state index is -0.548. The van der Waals surface area contributed by atoms with Crippen LogP contribution >= 0.6 is 0 Å². The molecule has 0 aromatic carbocycles. The first-order valence-electron chi connectivity index (χ1n) is 6.97. The predicted molar refractivity (Wildman–Crippen MR) is 78.0 cm³/mol. The molecular weight excluding hydrogens is 288 g/mol. The highest BCUT2D eigenvalue weighted by molar-refractivity contribution is 5.75. The summed E-state index contributed by atoms with van der Waals surface area (Å²) in [5, 5.41) is 21.5. The zero-order valence-corrected chi connectivity index (χ0v) is 12.5. The van der Waals surface area contributed by atoms with Crippen LogP contribution < -0.4 is 5.32 Å². The van der Waals surface area contributed by atoms with E-state index in [4.69, 9.17) is 0 Å². The van der Waals surface area contributed by atoms with Crippen molar-refractivity contribution in [2.75, 3.05) is 0 Å². The monoisotopic (exact) mass is 306 g/mol. The Balaban J connectivity index is 1.81. The molecule has 1 N–H and O–H groups in total. The van der Waals surface area contributed by atoms with Gasteiger partial charge in [-0.2, -0.15) is 9.78 Å². The molecule has 0 saturated heterocycles. The molecule has 1 amide bonds. The maximum absolute atomic E-state index is 11.8. The van der Waals surface area contributed by atoms with Gasteiger partial charge in [0, 0.05) is 19.2 Å². The maximum atomic E-state index is 11.8. The Kier molecular flexibility index (Phi) is 4.87. The molecule has 2 rings (SSSR count). The fraction of sp³-hybridized carbons (Fsp3) is 0.462. The van der Waals surface area contributed by atoms with Crippen molar-refractivity contribution in [1.82, 2.24) is 24.9 Å². The fourth-order valence-electron chi connectivity index (χ4n) is 1.97. The molecule has 2 aromatic heterocycles. The second-order valence-electron chi connectivity index (χ2n) is 4.81. The highest BCUT2D eigenvalue weighted by Gasteiger charge is 2.15. The van der Waals surface area contributed by atoms with E-state index < -0.39 is 4.92 Å². The normalized spacial score (nSPS) is 10.6. The maximum Gasteiger partial charge on any atom is 0.390 e. The third kappa shape index (κ3) is 3.90. The Hall–Kier alpha value is -2.71. The second-order valence-corrected chi connectivity index (χ2v) is 4.81. The smallest absolute Gasteiger partial charge is 0.358 e. The van der Waals surface area contributed by atoms with Crippen LogP contribution in [-0.4, -0.2) is 30.4 Å². The number of carbonyl (C=O) groups is 1. The SMILES string of the molecule is CCn1ccc(CNC(=O)CCn2nc([N+](=O)[O-])cc2C)n1. The molecule has 22 heavy (non-hydrogen) atoms. The van der Waals surface area contributed by atoms with Crippen molar-refractivity contribution in [3.8, 4) is 0 Å². The number of hydrogen-bond donors (Lipinski definition) is 1. The van der Waals surface area contributed by atoms with Gasteiger partial charge in [-0.05, 0) is 24.8 Å². The molecule has 0 atom stereocenters. The van der Waals surface area contributed by atoms with Gasteiger partial charge < -0.3 is 15.4 Å². The van der Waals surface area contributed by atoms with Gasteiger partial charge in [-0.25, -0.2) is 0 Å². The Morgan fingerprint density at radius 3 is 2.82 bits per heavy atom. The lowest BCUT2D eigenvalue weighted by atomic mass is 10.3. The van der Waals surface area contributed by atoms with E-state index in [0.29, 0.717) is 18.8 Å². The van der Waals surface area contributed by atoms with Crippen LogP contribution in [0.3, 0.4) is 0 Å². The average Bonchev–Trinajstić information content (AvgIpc) is 3.09. The van der Waals surface area contributed by atoms with Crippen LogP contribution in [0.5, 0.6) is 0 Å². The molecule has 0 unspecified atom stereocenters. The molecule has 118 valence electrons.